The predicted octanol–water partition coefficient (Wildman–Crippen LogP) is 2.60. The van der Waals surface area contributed by atoms with Crippen molar-refractivity contribution in [1.82, 2.24) is 14.5 Å². The zero-order valence-electron chi connectivity index (χ0n) is 13.4. The minimum absolute atomic E-state index is 0.672. The van der Waals surface area contributed by atoms with Gasteiger partial charge in [0.25, 0.3) is 9.28 Å². The highest BCUT2D eigenvalue weighted by molar-refractivity contribution is 6.50. The third kappa shape index (κ3) is 6.32. The molecule has 4 heteroatoms. The van der Waals surface area contributed by atoms with Crippen molar-refractivity contribution >= 4 is 9.28 Å². The summed E-state index contributed by atoms with van der Waals surface area (Å²) in [5, 5.41) is 0. The summed E-state index contributed by atoms with van der Waals surface area (Å²) in [6.45, 7) is 16.1. The zero-order valence-corrected chi connectivity index (χ0v) is 14.6. The standard InChI is InChI=1S/C14H35N3Si/c1-7-11-15-18(16-12-8-2)17(13(5)9-3)14(6)10-4/h13-16,18H,7-12H2,1-6H3. The average molecular weight is 274 g/mol. The SMILES string of the molecule is CCCN[SiH](NCCC)N(C(C)CC)C(C)CC. The van der Waals surface area contributed by atoms with Crippen LogP contribution in [0, 0.1) is 0 Å². The molecule has 0 amide bonds. The molecular weight excluding hydrogens is 238 g/mol. The Morgan fingerprint density at radius 3 is 1.50 bits per heavy atom. The Hall–Kier alpha value is 0.0969. The van der Waals surface area contributed by atoms with E-state index >= 15 is 0 Å². The van der Waals surface area contributed by atoms with E-state index in [9.17, 15) is 0 Å². The van der Waals surface area contributed by atoms with E-state index in [-0.39, 0.29) is 0 Å². The lowest BCUT2D eigenvalue weighted by Gasteiger charge is -2.40. The molecule has 0 rings (SSSR count). The minimum Gasteiger partial charge on any atom is -0.316 e. The summed E-state index contributed by atoms with van der Waals surface area (Å²) in [7, 11) is -1.20. The molecule has 0 saturated heterocycles. The van der Waals surface area contributed by atoms with Gasteiger partial charge in [-0.2, -0.15) is 0 Å². The number of hydrogen-bond acceptors (Lipinski definition) is 3. The Balaban J connectivity index is 4.69. The number of hydrogen-bond donors (Lipinski definition) is 2. The Kier molecular flexibility index (Phi) is 11.0. The molecule has 0 spiro atoms. The van der Waals surface area contributed by atoms with E-state index in [1.165, 1.54) is 25.7 Å². The predicted molar refractivity (Wildman–Crippen MR) is 85.1 cm³/mol. The molecule has 2 unspecified atom stereocenters. The van der Waals surface area contributed by atoms with Gasteiger partial charge in [0.15, 0.2) is 0 Å². The molecule has 0 aromatic carbocycles. The number of nitrogens with zero attached hydrogens (tertiary/aromatic N) is 1. The molecule has 0 aliphatic rings. The largest absolute Gasteiger partial charge is 0.316 e. The first-order valence-corrected chi connectivity index (χ1v) is 9.53. The summed E-state index contributed by atoms with van der Waals surface area (Å²) in [4.78, 5) is 7.58. The molecule has 0 heterocycles. The molecule has 0 fully saturated rings. The molecule has 110 valence electrons. The fraction of sp³-hybridized carbons (Fsp3) is 1.00. The zero-order chi connectivity index (χ0) is 14.0. The van der Waals surface area contributed by atoms with E-state index in [0.717, 1.165) is 13.1 Å². The van der Waals surface area contributed by atoms with E-state index in [1.54, 1.807) is 0 Å². The second-order valence-corrected chi connectivity index (χ2v) is 7.49. The molecule has 0 bridgehead atoms. The summed E-state index contributed by atoms with van der Waals surface area (Å²) >= 11 is 0. The van der Waals surface area contributed by atoms with Gasteiger partial charge in [0.2, 0.25) is 0 Å². The Bertz CT molecular complexity index is 172. The molecule has 0 aromatic heterocycles. The van der Waals surface area contributed by atoms with Gasteiger partial charge in [-0.05, 0) is 38.8 Å². The van der Waals surface area contributed by atoms with Gasteiger partial charge in [0, 0.05) is 12.1 Å². The Morgan fingerprint density at radius 1 is 0.833 bits per heavy atom. The van der Waals surface area contributed by atoms with Crippen molar-refractivity contribution in [3.63, 3.8) is 0 Å². The van der Waals surface area contributed by atoms with E-state index in [1.807, 2.05) is 0 Å². The van der Waals surface area contributed by atoms with Gasteiger partial charge in [0.05, 0.1) is 0 Å². The van der Waals surface area contributed by atoms with Crippen LogP contribution in [0.4, 0.5) is 0 Å². The van der Waals surface area contributed by atoms with Crippen LogP contribution in [0.2, 0.25) is 0 Å². The quantitative estimate of drug-likeness (QED) is 0.567. The smallest absolute Gasteiger partial charge is 0.267 e. The normalized spacial score (nSPS) is 15.3. The molecule has 0 aliphatic heterocycles. The Morgan fingerprint density at radius 2 is 1.22 bits per heavy atom. The minimum atomic E-state index is -1.20. The van der Waals surface area contributed by atoms with Crippen molar-refractivity contribution in [3.05, 3.63) is 0 Å². The highest BCUT2D eigenvalue weighted by Crippen LogP contribution is 2.12. The van der Waals surface area contributed by atoms with Gasteiger partial charge in [-0.3, -0.25) is 4.57 Å². The lowest BCUT2D eigenvalue weighted by molar-refractivity contribution is 0.250. The summed E-state index contributed by atoms with van der Waals surface area (Å²) < 4.78 is 2.74. The maximum atomic E-state index is 3.79. The first-order valence-electron chi connectivity index (χ1n) is 7.86. The second-order valence-electron chi connectivity index (χ2n) is 5.27. The lowest BCUT2D eigenvalue weighted by Crippen LogP contribution is -2.65. The van der Waals surface area contributed by atoms with Crippen LogP contribution in [0.3, 0.4) is 0 Å². The van der Waals surface area contributed by atoms with E-state index in [2.05, 4.69) is 56.1 Å². The van der Waals surface area contributed by atoms with Crippen molar-refractivity contribution < 1.29 is 0 Å². The van der Waals surface area contributed by atoms with Crippen molar-refractivity contribution in [2.24, 2.45) is 0 Å². The van der Waals surface area contributed by atoms with Crippen molar-refractivity contribution in [2.75, 3.05) is 13.1 Å². The van der Waals surface area contributed by atoms with Gasteiger partial charge in [-0.1, -0.05) is 41.5 Å². The van der Waals surface area contributed by atoms with Crippen LogP contribution in [-0.4, -0.2) is 39.0 Å². The van der Waals surface area contributed by atoms with E-state index < -0.39 is 9.28 Å². The van der Waals surface area contributed by atoms with Gasteiger partial charge in [0.1, 0.15) is 0 Å². The van der Waals surface area contributed by atoms with Crippen LogP contribution in [-0.2, 0) is 0 Å². The third-order valence-electron chi connectivity index (χ3n) is 3.67. The second kappa shape index (κ2) is 11.0. The monoisotopic (exact) mass is 273 g/mol. The van der Waals surface area contributed by atoms with Crippen LogP contribution in [0.1, 0.15) is 67.2 Å². The fourth-order valence-corrected chi connectivity index (χ4v) is 5.34. The van der Waals surface area contributed by atoms with Crippen LogP contribution in [0.5, 0.6) is 0 Å². The van der Waals surface area contributed by atoms with Crippen molar-refractivity contribution in [3.8, 4) is 0 Å². The lowest BCUT2D eigenvalue weighted by atomic mass is 10.2. The molecular formula is C14H35N3Si. The molecule has 0 saturated carbocycles. The molecule has 18 heavy (non-hydrogen) atoms. The number of rotatable bonds is 11. The van der Waals surface area contributed by atoms with Crippen molar-refractivity contribution in [2.45, 2.75) is 79.3 Å². The van der Waals surface area contributed by atoms with Crippen molar-refractivity contribution in [1.29, 1.82) is 0 Å². The third-order valence-corrected chi connectivity index (χ3v) is 6.64. The number of nitrogens with one attached hydrogen (secondary N) is 2. The van der Waals surface area contributed by atoms with Crippen LogP contribution < -0.4 is 9.96 Å². The van der Waals surface area contributed by atoms with Gasteiger partial charge < -0.3 is 9.96 Å². The fourth-order valence-electron chi connectivity index (χ4n) is 2.21. The highest BCUT2D eigenvalue weighted by Gasteiger charge is 2.27. The topological polar surface area (TPSA) is 27.3 Å². The highest BCUT2D eigenvalue weighted by atomic mass is 28.3. The maximum Gasteiger partial charge on any atom is 0.267 e. The van der Waals surface area contributed by atoms with Gasteiger partial charge in [-0.15, -0.1) is 0 Å². The Labute approximate surface area is 117 Å². The maximum absolute atomic E-state index is 3.79. The van der Waals surface area contributed by atoms with Gasteiger partial charge >= 0.3 is 0 Å². The summed E-state index contributed by atoms with van der Waals surface area (Å²) in [6.07, 6.45) is 4.89. The summed E-state index contributed by atoms with van der Waals surface area (Å²) in [5.41, 5.74) is 0. The molecule has 0 aromatic rings. The van der Waals surface area contributed by atoms with Gasteiger partial charge in [-0.25, -0.2) is 0 Å². The first-order chi connectivity index (χ1) is 8.62. The van der Waals surface area contributed by atoms with Crippen LogP contribution in [0.15, 0.2) is 0 Å². The average Bonchev–Trinajstić information content (AvgIpc) is 2.40. The summed E-state index contributed by atoms with van der Waals surface area (Å²) in [6, 6.07) is 1.34. The first kappa shape index (κ1) is 18.1. The van der Waals surface area contributed by atoms with Crippen LogP contribution >= 0.6 is 0 Å². The van der Waals surface area contributed by atoms with E-state index in [0.29, 0.717) is 12.1 Å². The van der Waals surface area contributed by atoms with E-state index in [4.69, 9.17) is 0 Å². The summed E-state index contributed by atoms with van der Waals surface area (Å²) in [5.74, 6) is 0. The molecule has 3 nitrogen and oxygen atoms in total. The molecule has 2 N–H and O–H groups in total. The van der Waals surface area contributed by atoms with Crippen LogP contribution in [0.25, 0.3) is 0 Å². The molecule has 0 aliphatic carbocycles. The molecule has 0 radical (unpaired) electrons. The molecule has 2 atom stereocenters.